The third-order valence-corrected chi connectivity index (χ3v) is 4.60. The van der Waals surface area contributed by atoms with E-state index in [0.717, 1.165) is 24.4 Å². The second-order valence-corrected chi connectivity index (χ2v) is 6.34. The first kappa shape index (κ1) is 17.1. The van der Waals surface area contributed by atoms with Crippen LogP contribution >= 0.6 is 0 Å². The van der Waals surface area contributed by atoms with Gasteiger partial charge < -0.3 is 15.0 Å². The van der Waals surface area contributed by atoms with Crippen molar-refractivity contribution in [3.63, 3.8) is 0 Å². The van der Waals surface area contributed by atoms with Crippen LogP contribution in [0.4, 0.5) is 17.1 Å². The molecule has 5 nitrogen and oxygen atoms in total. The van der Waals surface area contributed by atoms with Crippen LogP contribution < -0.4 is 15.0 Å². The number of fused-ring (bicyclic) bond motifs is 1. The summed E-state index contributed by atoms with van der Waals surface area (Å²) in [5, 5.41) is 2.86. The van der Waals surface area contributed by atoms with Crippen molar-refractivity contribution < 1.29 is 9.53 Å². The number of carbonyl (C=O) groups is 1. The van der Waals surface area contributed by atoms with Crippen LogP contribution in [0.15, 0.2) is 66.9 Å². The van der Waals surface area contributed by atoms with E-state index in [9.17, 15) is 4.79 Å². The van der Waals surface area contributed by atoms with Gasteiger partial charge in [-0.3, -0.25) is 4.79 Å². The zero-order chi connectivity index (χ0) is 18.6. The lowest BCUT2D eigenvalue weighted by Crippen LogP contribution is -2.16. The summed E-state index contributed by atoms with van der Waals surface area (Å²) in [4.78, 5) is 19.0. The molecule has 1 N–H and O–H groups in total. The van der Waals surface area contributed by atoms with Crippen LogP contribution in [-0.2, 0) is 6.42 Å². The first-order valence-corrected chi connectivity index (χ1v) is 9.10. The van der Waals surface area contributed by atoms with Gasteiger partial charge in [0.25, 0.3) is 5.91 Å². The Labute approximate surface area is 158 Å². The maximum Gasteiger partial charge on any atom is 0.274 e. The molecule has 2 aromatic carbocycles. The number of hydrogen-bond acceptors (Lipinski definition) is 4. The smallest absolute Gasteiger partial charge is 0.274 e. The van der Waals surface area contributed by atoms with Crippen LogP contribution in [0, 0.1) is 0 Å². The van der Waals surface area contributed by atoms with Crippen molar-refractivity contribution in [1.82, 2.24) is 4.98 Å². The molecule has 1 aliphatic heterocycles. The third-order valence-electron chi connectivity index (χ3n) is 4.60. The van der Waals surface area contributed by atoms with Crippen LogP contribution in [0.5, 0.6) is 5.75 Å². The Kier molecular flexibility index (Phi) is 4.75. The molecular weight excluding hydrogens is 338 g/mol. The highest BCUT2D eigenvalue weighted by molar-refractivity contribution is 6.03. The molecule has 0 atom stereocenters. The highest BCUT2D eigenvalue weighted by atomic mass is 16.5. The number of pyridine rings is 1. The van der Waals surface area contributed by atoms with E-state index in [0.29, 0.717) is 18.0 Å². The molecule has 0 saturated heterocycles. The molecule has 2 heterocycles. The third kappa shape index (κ3) is 3.62. The quantitative estimate of drug-likeness (QED) is 0.732. The number of aromatic nitrogens is 1. The number of anilines is 3. The molecule has 0 saturated carbocycles. The lowest BCUT2D eigenvalue weighted by atomic mass is 10.2. The van der Waals surface area contributed by atoms with E-state index in [1.54, 1.807) is 12.3 Å². The molecule has 0 bridgehead atoms. The van der Waals surface area contributed by atoms with Crippen molar-refractivity contribution in [3.8, 4) is 5.75 Å². The van der Waals surface area contributed by atoms with Crippen LogP contribution in [0.25, 0.3) is 0 Å². The van der Waals surface area contributed by atoms with Gasteiger partial charge in [0.1, 0.15) is 11.4 Å². The van der Waals surface area contributed by atoms with E-state index < -0.39 is 0 Å². The normalized spacial score (nSPS) is 12.6. The minimum atomic E-state index is -0.229. The minimum Gasteiger partial charge on any atom is -0.494 e. The van der Waals surface area contributed by atoms with Gasteiger partial charge in [0.15, 0.2) is 0 Å². The first-order valence-electron chi connectivity index (χ1n) is 9.10. The fourth-order valence-corrected chi connectivity index (χ4v) is 3.28. The van der Waals surface area contributed by atoms with Gasteiger partial charge in [-0.15, -0.1) is 0 Å². The highest BCUT2D eigenvalue weighted by Crippen LogP contribution is 2.33. The van der Waals surface area contributed by atoms with Gasteiger partial charge >= 0.3 is 0 Å². The van der Waals surface area contributed by atoms with Crippen LogP contribution in [0.3, 0.4) is 0 Å². The molecule has 0 aliphatic carbocycles. The summed E-state index contributed by atoms with van der Waals surface area (Å²) >= 11 is 0. The van der Waals surface area contributed by atoms with Crippen molar-refractivity contribution in [3.05, 3.63) is 78.1 Å². The van der Waals surface area contributed by atoms with Crippen molar-refractivity contribution >= 4 is 23.0 Å². The lowest BCUT2D eigenvalue weighted by molar-refractivity contribution is 0.102. The lowest BCUT2D eigenvalue weighted by Gasteiger charge is -2.19. The molecule has 27 heavy (non-hydrogen) atoms. The zero-order valence-corrected chi connectivity index (χ0v) is 15.2. The van der Waals surface area contributed by atoms with Gasteiger partial charge in [0.2, 0.25) is 0 Å². The Balaban J connectivity index is 1.45. The summed E-state index contributed by atoms with van der Waals surface area (Å²) in [6.45, 7) is 3.48. The minimum absolute atomic E-state index is 0.229. The fraction of sp³-hybridized carbons (Fsp3) is 0.182. The van der Waals surface area contributed by atoms with E-state index in [1.807, 2.05) is 43.3 Å². The fourth-order valence-electron chi connectivity index (χ4n) is 3.28. The number of ether oxygens (including phenoxy) is 1. The first-order chi connectivity index (χ1) is 13.2. The maximum atomic E-state index is 12.4. The van der Waals surface area contributed by atoms with Gasteiger partial charge in [-0.1, -0.05) is 18.2 Å². The standard InChI is InChI=1S/C22H21N3O2/c1-2-27-19-10-7-17(8-11-19)24-22(26)20-12-9-18(15-23-20)25-14-13-16-5-3-4-6-21(16)25/h3-12,15H,2,13-14H2,1H3,(H,24,26). The van der Waals surface area contributed by atoms with Crippen LogP contribution in [0.2, 0.25) is 0 Å². The molecule has 1 aliphatic rings. The second kappa shape index (κ2) is 7.50. The van der Waals surface area contributed by atoms with Crippen molar-refractivity contribution in [1.29, 1.82) is 0 Å². The van der Waals surface area contributed by atoms with E-state index in [2.05, 4.69) is 33.4 Å². The average Bonchev–Trinajstić information content (AvgIpc) is 3.14. The molecule has 136 valence electrons. The molecule has 4 rings (SSSR count). The number of amides is 1. The molecular formula is C22H21N3O2. The average molecular weight is 359 g/mol. The van der Waals surface area contributed by atoms with Crippen LogP contribution in [-0.4, -0.2) is 24.0 Å². The Morgan fingerprint density at radius 3 is 2.67 bits per heavy atom. The summed E-state index contributed by atoms with van der Waals surface area (Å²) in [7, 11) is 0. The van der Waals surface area contributed by atoms with E-state index in [1.165, 1.54) is 11.3 Å². The number of para-hydroxylation sites is 1. The molecule has 0 spiro atoms. The molecule has 5 heteroatoms. The Morgan fingerprint density at radius 1 is 1.11 bits per heavy atom. The summed E-state index contributed by atoms with van der Waals surface area (Å²) < 4.78 is 5.41. The largest absolute Gasteiger partial charge is 0.494 e. The molecule has 0 radical (unpaired) electrons. The number of nitrogens with one attached hydrogen (secondary N) is 1. The molecule has 1 amide bonds. The Morgan fingerprint density at radius 2 is 1.93 bits per heavy atom. The van der Waals surface area contributed by atoms with E-state index in [-0.39, 0.29) is 5.91 Å². The Bertz CT molecular complexity index is 937. The van der Waals surface area contributed by atoms with E-state index >= 15 is 0 Å². The second-order valence-electron chi connectivity index (χ2n) is 6.34. The van der Waals surface area contributed by atoms with Gasteiger partial charge in [-0.05, 0) is 61.4 Å². The Hall–Kier alpha value is -3.34. The maximum absolute atomic E-state index is 12.4. The summed E-state index contributed by atoms with van der Waals surface area (Å²) in [5.41, 5.74) is 4.65. The number of hydrogen-bond donors (Lipinski definition) is 1. The summed E-state index contributed by atoms with van der Waals surface area (Å²) in [5.74, 6) is 0.552. The monoisotopic (exact) mass is 359 g/mol. The predicted octanol–water partition coefficient (Wildman–Crippen LogP) is 4.43. The van der Waals surface area contributed by atoms with Gasteiger partial charge in [0.05, 0.1) is 18.5 Å². The van der Waals surface area contributed by atoms with Gasteiger partial charge in [-0.2, -0.15) is 0 Å². The SMILES string of the molecule is CCOc1ccc(NC(=O)c2ccc(N3CCc4ccccc43)cn2)cc1. The number of benzene rings is 2. The molecule has 3 aromatic rings. The highest BCUT2D eigenvalue weighted by Gasteiger charge is 2.20. The molecule has 0 fully saturated rings. The topological polar surface area (TPSA) is 54.5 Å². The zero-order valence-electron chi connectivity index (χ0n) is 15.2. The van der Waals surface area contributed by atoms with E-state index in [4.69, 9.17) is 4.74 Å². The number of nitrogens with zero attached hydrogens (tertiary/aromatic N) is 2. The van der Waals surface area contributed by atoms with Gasteiger partial charge in [-0.25, -0.2) is 4.98 Å². The molecule has 1 aromatic heterocycles. The van der Waals surface area contributed by atoms with Crippen molar-refractivity contribution in [2.45, 2.75) is 13.3 Å². The van der Waals surface area contributed by atoms with Crippen molar-refractivity contribution in [2.24, 2.45) is 0 Å². The number of carbonyl (C=O) groups excluding carboxylic acids is 1. The van der Waals surface area contributed by atoms with Crippen molar-refractivity contribution in [2.75, 3.05) is 23.4 Å². The number of rotatable bonds is 5. The van der Waals surface area contributed by atoms with Crippen LogP contribution in [0.1, 0.15) is 23.0 Å². The predicted molar refractivity (Wildman–Crippen MR) is 107 cm³/mol. The summed E-state index contributed by atoms with van der Waals surface area (Å²) in [6.07, 6.45) is 2.78. The summed E-state index contributed by atoms with van der Waals surface area (Å²) in [6, 6.07) is 19.4. The molecule has 0 unspecified atom stereocenters. The van der Waals surface area contributed by atoms with Gasteiger partial charge in [0, 0.05) is 17.9 Å².